The first-order chi connectivity index (χ1) is 10.6. The first kappa shape index (κ1) is 16.0. The monoisotopic (exact) mass is 319 g/mol. The van der Waals surface area contributed by atoms with Gasteiger partial charge in [-0.3, -0.25) is 4.79 Å². The highest BCUT2D eigenvalue weighted by molar-refractivity contribution is 7.09. The third-order valence-corrected chi connectivity index (χ3v) is 3.61. The summed E-state index contributed by atoms with van der Waals surface area (Å²) in [5.74, 6) is 1.10. The Morgan fingerprint density at radius 2 is 2.00 bits per heavy atom. The van der Waals surface area contributed by atoms with Crippen LogP contribution in [0.3, 0.4) is 0 Å². The van der Waals surface area contributed by atoms with Gasteiger partial charge in [-0.15, -0.1) is 11.3 Å². The highest BCUT2D eigenvalue weighted by atomic mass is 32.1. The molecule has 0 fully saturated rings. The van der Waals surface area contributed by atoms with E-state index in [0.29, 0.717) is 11.5 Å². The summed E-state index contributed by atoms with van der Waals surface area (Å²) < 4.78 is 10.3. The number of amides is 1. The fourth-order valence-electron chi connectivity index (χ4n) is 1.78. The van der Waals surface area contributed by atoms with Crippen molar-refractivity contribution in [3.05, 3.63) is 39.8 Å². The molecule has 1 aromatic heterocycles. The first-order valence-corrected chi connectivity index (χ1v) is 7.44. The van der Waals surface area contributed by atoms with Crippen molar-refractivity contribution >= 4 is 23.5 Å². The van der Waals surface area contributed by atoms with Crippen molar-refractivity contribution in [2.75, 3.05) is 14.2 Å². The zero-order valence-corrected chi connectivity index (χ0v) is 13.4. The van der Waals surface area contributed by atoms with Crippen LogP contribution in [0.1, 0.15) is 16.3 Å². The molecule has 1 aromatic carbocycles. The Bertz CT molecular complexity index is 660. The summed E-state index contributed by atoms with van der Waals surface area (Å²) in [5, 5.41) is 6.74. The fourth-order valence-corrected chi connectivity index (χ4v) is 2.39. The number of methoxy groups -OCH3 is 2. The molecule has 1 heterocycles. The molecule has 2 aromatic rings. The van der Waals surface area contributed by atoms with Gasteiger partial charge in [0.15, 0.2) is 0 Å². The average molecular weight is 319 g/mol. The van der Waals surface area contributed by atoms with Crippen molar-refractivity contribution in [2.45, 2.75) is 13.3 Å². The quantitative estimate of drug-likeness (QED) is 0.654. The zero-order chi connectivity index (χ0) is 15.9. The molecule has 0 saturated heterocycles. The summed E-state index contributed by atoms with van der Waals surface area (Å²) in [4.78, 5) is 16.0. The topological polar surface area (TPSA) is 72.8 Å². The van der Waals surface area contributed by atoms with Crippen LogP contribution in [-0.4, -0.2) is 31.3 Å². The first-order valence-electron chi connectivity index (χ1n) is 6.56. The number of carbonyl (C=O) groups is 1. The van der Waals surface area contributed by atoms with Crippen molar-refractivity contribution in [3.8, 4) is 11.5 Å². The Balaban J connectivity index is 1.95. The summed E-state index contributed by atoms with van der Waals surface area (Å²) in [6.07, 6.45) is 1.75. The van der Waals surface area contributed by atoms with Crippen LogP contribution in [0.2, 0.25) is 0 Å². The molecule has 2 rings (SSSR count). The van der Waals surface area contributed by atoms with E-state index in [1.165, 1.54) is 17.6 Å². The number of benzene rings is 1. The minimum Gasteiger partial charge on any atom is -0.497 e. The third-order valence-electron chi connectivity index (χ3n) is 2.78. The third kappa shape index (κ3) is 4.56. The number of aryl methyl sites for hydroxylation is 1. The highest BCUT2D eigenvalue weighted by Crippen LogP contribution is 2.21. The van der Waals surface area contributed by atoms with Gasteiger partial charge in [0.25, 0.3) is 0 Å². The molecule has 0 bridgehead atoms. The Morgan fingerprint density at radius 1 is 1.32 bits per heavy atom. The number of hydrogen-bond acceptors (Lipinski definition) is 6. The van der Waals surface area contributed by atoms with Crippen LogP contribution in [0, 0.1) is 6.92 Å². The smallest absolute Gasteiger partial charge is 0.246 e. The second kappa shape index (κ2) is 7.56. The number of hydrazone groups is 1. The maximum atomic E-state index is 11.7. The molecular formula is C15H17N3O3S. The molecule has 0 aliphatic heterocycles. The maximum Gasteiger partial charge on any atom is 0.246 e. The number of ether oxygens (including phenoxy) is 2. The van der Waals surface area contributed by atoms with Crippen LogP contribution in [0.4, 0.5) is 0 Å². The standard InChI is InChI=1S/C15H17N3O3S/c1-10-17-12(9-22-10)6-15(19)18-16-8-11-4-13(20-2)7-14(5-11)21-3/h4-5,7-9H,6H2,1-3H3,(H,18,19)/b16-8-. The molecule has 116 valence electrons. The SMILES string of the molecule is COc1cc(/C=N\NC(=O)Cc2csc(C)n2)cc(OC)c1. The second-order valence-corrected chi connectivity index (χ2v) is 5.54. The molecule has 0 radical (unpaired) electrons. The molecule has 0 aliphatic carbocycles. The largest absolute Gasteiger partial charge is 0.497 e. The number of hydrogen-bond donors (Lipinski definition) is 1. The van der Waals surface area contributed by atoms with E-state index in [9.17, 15) is 4.79 Å². The number of thiazole rings is 1. The fraction of sp³-hybridized carbons (Fsp3) is 0.267. The minimum atomic E-state index is -0.212. The van der Waals surface area contributed by atoms with Gasteiger partial charge in [-0.25, -0.2) is 10.4 Å². The lowest BCUT2D eigenvalue weighted by molar-refractivity contribution is -0.120. The van der Waals surface area contributed by atoms with E-state index in [0.717, 1.165) is 16.3 Å². The normalized spacial score (nSPS) is 10.7. The van der Waals surface area contributed by atoms with Gasteiger partial charge in [-0.2, -0.15) is 5.10 Å². The summed E-state index contributed by atoms with van der Waals surface area (Å²) in [5.41, 5.74) is 3.99. The lowest BCUT2D eigenvalue weighted by atomic mass is 10.2. The van der Waals surface area contributed by atoms with E-state index >= 15 is 0 Å². The molecule has 6 nitrogen and oxygen atoms in total. The van der Waals surface area contributed by atoms with Crippen molar-refractivity contribution in [2.24, 2.45) is 5.10 Å². The number of nitrogens with zero attached hydrogens (tertiary/aromatic N) is 2. The van der Waals surface area contributed by atoms with Crippen molar-refractivity contribution in [1.29, 1.82) is 0 Å². The Kier molecular flexibility index (Phi) is 5.48. The molecule has 0 aliphatic rings. The predicted molar refractivity (Wildman–Crippen MR) is 85.8 cm³/mol. The van der Waals surface area contributed by atoms with Crippen molar-refractivity contribution in [1.82, 2.24) is 10.4 Å². The van der Waals surface area contributed by atoms with Crippen LogP contribution in [0.15, 0.2) is 28.7 Å². The van der Waals surface area contributed by atoms with Crippen LogP contribution >= 0.6 is 11.3 Å². The molecule has 0 atom stereocenters. The molecule has 1 N–H and O–H groups in total. The van der Waals surface area contributed by atoms with Crippen LogP contribution in [0.25, 0.3) is 0 Å². The lowest BCUT2D eigenvalue weighted by Gasteiger charge is -2.05. The number of aromatic nitrogens is 1. The Labute approximate surface area is 132 Å². The number of rotatable bonds is 6. The molecule has 7 heteroatoms. The predicted octanol–water partition coefficient (Wildman–Crippen LogP) is 2.16. The van der Waals surface area contributed by atoms with Gasteiger partial charge in [0.1, 0.15) is 11.5 Å². The van der Waals surface area contributed by atoms with Gasteiger partial charge in [0.2, 0.25) is 5.91 Å². The maximum absolute atomic E-state index is 11.7. The van der Waals surface area contributed by atoms with E-state index < -0.39 is 0 Å². The van der Waals surface area contributed by atoms with Crippen molar-refractivity contribution < 1.29 is 14.3 Å². The molecular weight excluding hydrogens is 302 g/mol. The van der Waals surface area contributed by atoms with Crippen LogP contribution in [0.5, 0.6) is 11.5 Å². The average Bonchev–Trinajstić information content (AvgIpc) is 2.91. The van der Waals surface area contributed by atoms with Gasteiger partial charge in [-0.1, -0.05) is 0 Å². The van der Waals surface area contributed by atoms with Crippen LogP contribution in [-0.2, 0) is 11.2 Å². The summed E-state index contributed by atoms with van der Waals surface area (Å²) in [6, 6.07) is 5.35. The molecule has 0 spiro atoms. The summed E-state index contributed by atoms with van der Waals surface area (Å²) in [7, 11) is 3.15. The minimum absolute atomic E-state index is 0.211. The number of carbonyl (C=O) groups excluding carboxylic acids is 1. The van der Waals surface area contributed by atoms with E-state index in [-0.39, 0.29) is 12.3 Å². The Morgan fingerprint density at radius 3 is 2.55 bits per heavy atom. The zero-order valence-electron chi connectivity index (χ0n) is 12.6. The van der Waals surface area contributed by atoms with E-state index in [1.807, 2.05) is 12.3 Å². The molecule has 22 heavy (non-hydrogen) atoms. The molecule has 1 amide bonds. The van der Waals surface area contributed by atoms with Crippen LogP contribution < -0.4 is 14.9 Å². The van der Waals surface area contributed by atoms with Crippen molar-refractivity contribution in [3.63, 3.8) is 0 Å². The summed E-state index contributed by atoms with van der Waals surface area (Å²) in [6.45, 7) is 1.90. The number of nitrogens with one attached hydrogen (secondary N) is 1. The van der Waals surface area contributed by atoms with Gasteiger partial charge in [0.05, 0.1) is 37.6 Å². The summed E-state index contributed by atoms with van der Waals surface area (Å²) >= 11 is 1.52. The van der Waals surface area contributed by atoms with E-state index in [2.05, 4.69) is 15.5 Å². The van der Waals surface area contributed by atoms with E-state index in [1.54, 1.807) is 32.4 Å². The van der Waals surface area contributed by atoms with Gasteiger partial charge >= 0.3 is 0 Å². The van der Waals surface area contributed by atoms with Gasteiger partial charge in [0, 0.05) is 17.0 Å². The molecule has 0 unspecified atom stereocenters. The van der Waals surface area contributed by atoms with E-state index in [4.69, 9.17) is 9.47 Å². The van der Waals surface area contributed by atoms with Gasteiger partial charge in [-0.05, 0) is 19.1 Å². The Hall–Kier alpha value is -2.41. The lowest BCUT2D eigenvalue weighted by Crippen LogP contribution is -2.19. The highest BCUT2D eigenvalue weighted by Gasteiger charge is 2.05. The van der Waals surface area contributed by atoms with Gasteiger partial charge < -0.3 is 9.47 Å². The molecule has 0 saturated carbocycles. The second-order valence-electron chi connectivity index (χ2n) is 4.47.